The fraction of sp³-hybridized carbons (Fsp3) is 0. The van der Waals surface area contributed by atoms with E-state index in [1.807, 2.05) is 121 Å². The molecule has 0 atom stereocenters. The van der Waals surface area contributed by atoms with E-state index < -0.39 is 0 Å². The highest BCUT2D eigenvalue weighted by atomic mass is 15.0. The van der Waals surface area contributed by atoms with Crippen LogP contribution < -0.4 is 0 Å². The third-order valence-electron chi connectivity index (χ3n) is 11.0. The maximum absolute atomic E-state index is 10.2. The number of nitriles is 1. The minimum absolute atomic E-state index is 0.526. The molecule has 0 bridgehead atoms. The first-order chi connectivity index (χ1) is 30.1. The van der Waals surface area contributed by atoms with Crippen molar-refractivity contribution in [2.24, 2.45) is 0 Å². The van der Waals surface area contributed by atoms with Gasteiger partial charge in [0, 0.05) is 38.6 Å². The zero-order chi connectivity index (χ0) is 41.3. The van der Waals surface area contributed by atoms with E-state index in [1.54, 1.807) is 0 Å². The fourth-order valence-electron chi connectivity index (χ4n) is 8.15. The minimum atomic E-state index is 0.526. The summed E-state index contributed by atoms with van der Waals surface area (Å²) in [5, 5.41) is 12.3. The van der Waals surface area contributed by atoms with Crippen molar-refractivity contribution in [3.8, 4) is 79.0 Å². The topological polar surface area (TPSA) is 63.2 Å². The van der Waals surface area contributed by atoms with Crippen LogP contribution in [0.4, 0.5) is 11.4 Å². The molecule has 2 aromatic heterocycles. The summed E-state index contributed by atoms with van der Waals surface area (Å²) in [6, 6.07) is 67.0. The zero-order valence-electron chi connectivity index (χ0n) is 32.7. The molecule has 0 radical (unpaired) electrons. The highest BCUT2D eigenvalue weighted by molar-refractivity contribution is 6.12. The molecule has 2 heterocycles. The van der Waals surface area contributed by atoms with E-state index in [1.165, 1.54) is 0 Å². The van der Waals surface area contributed by atoms with Gasteiger partial charge in [-0.25, -0.2) is 19.7 Å². The lowest BCUT2D eigenvalue weighted by Crippen LogP contribution is -2.03. The van der Waals surface area contributed by atoms with Crippen LogP contribution in [-0.2, 0) is 0 Å². The van der Waals surface area contributed by atoms with Crippen molar-refractivity contribution in [3.05, 3.63) is 223 Å². The number of para-hydroxylation sites is 1. The first kappa shape index (κ1) is 36.5. The van der Waals surface area contributed by atoms with Gasteiger partial charge in [-0.1, -0.05) is 140 Å². The number of fused-ring (bicyclic) bond motifs is 3. The second-order valence-corrected chi connectivity index (χ2v) is 14.7. The molecule has 282 valence electrons. The average molecular weight is 777 g/mol. The summed E-state index contributed by atoms with van der Waals surface area (Å²) < 4.78 is 2.32. The lowest BCUT2D eigenvalue weighted by atomic mass is 9.91. The molecule has 0 saturated heterocycles. The molecular formula is C55H32N6. The molecule has 10 rings (SSSR count). The van der Waals surface area contributed by atoms with E-state index in [4.69, 9.17) is 23.1 Å². The van der Waals surface area contributed by atoms with Crippen LogP contribution in [0, 0.1) is 24.5 Å². The third-order valence-corrected chi connectivity index (χ3v) is 11.0. The van der Waals surface area contributed by atoms with E-state index in [-0.39, 0.29) is 0 Å². The Kier molecular flexibility index (Phi) is 9.24. The number of benzene rings is 8. The first-order valence-corrected chi connectivity index (χ1v) is 19.8. The maximum atomic E-state index is 10.2. The molecule has 0 unspecified atom stereocenters. The van der Waals surface area contributed by atoms with E-state index in [2.05, 4.69) is 93.1 Å². The summed E-state index contributed by atoms with van der Waals surface area (Å²) in [5.74, 6) is 0.604. The van der Waals surface area contributed by atoms with E-state index in [9.17, 15) is 5.26 Å². The molecule has 61 heavy (non-hydrogen) atoms. The molecule has 0 amide bonds. The summed E-state index contributed by atoms with van der Waals surface area (Å²) in [6.07, 6.45) is 0. The molecular weight excluding hydrogens is 745 g/mol. The van der Waals surface area contributed by atoms with E-state index in [0.29, 0.717) is 22.8 Å². The number of hydrogen-bond donors (Lipinski definition) is 0. The summed E-state index contributed by atoms with van der Waals surface area (Å²) in [7, 11) is 0. The Morgan fingerprint density at radius 1 is 0.426 bits per heavy atom. The SMILES string of the molecule is [C-]#[N+]c1ccc(-c2ccc3c(c2)c2ccccc2n3-c2c(-c3cccc(C#N)c3)cc(-c3cc(-c4ccccc4)nc(-c4ccccc4)n3)cc2-c2cccc([N+]#[C-])c2)cc1. The summed E-state index contributed by atoms with van der Waals surface area (Å²) in [5.41, 5.74) is 14.4. The molecule has 8 aromatic carbocycles. The molecule has 0 N–H and O–H groups in total. The van der Waals surface area contributed by atoms with Crippen LogP contribution in [0.15, 0.2) is 194 Å². The van der Waals surface area contributed by atoms with Crippen LogP contribution in [0.5, 0.6) is 0 Å². The van der Waals surface area contributed by atoms with Crippen molar-refractivity contribution in [2.45, 2.75) is 0 Å². The fourth-order valence-corrected chi connectivity index (χ4v) is 8.15. The van der Waals surface area contributed by atoms with Crippen LogP contribution in [0.25, 0.3) is 104 Å². The molecule has 0 aliphatic heterocycles. The van der Waals surface area contributed by atoms with Gasteiger partial charge in [0.05, 0.1) is 52.9 Å². The van der Waals surface area contributed by atoms with Crippen LogP contribution in [0.1, 0.15) is 5.56 Å². The average Bonchev–Trinajstić information content (AvgIpc) is 3.67. The number of rotatable bonds is 7. The Hall–Kier alpha value is -8.89. The van der Waals surface area contributed by atoms with Crippen molar-refractivity contribution in [3.63, 3.8) is 0 Å². The van der Waals surface area contributed by atoms with E-state index >= 15 is 0 Å². The van der Waals surface area contributed by atoms with Crippen LogP contribution >= 0.6 is 0 Å². The standard InChI is InChI=1S/C55H32N6/c1-57-44-26-23-37(24-27-44)40-25-28-53-49(31-40)46-21-9-10-22-52(46)61(53)54-47(41-18-11-13-36(29-41)35-56)32-43(33-48(54)42-19-12-20-45(30-42)58-2)51-34-50(38-14-5-3-6-15-38)59-55(60-51)39-16-7-4-8-17-39/h3-34H. The van der Waals surface area contributed by atoms with Crippen LogP contribution in [0.2, 0.25) is 0 Å². The Morgan fingerprint density at radius 3 is 1.72 bits per heavy atom. The predicted molar refractivity (Wildman–Crippen MR) is 246 cm³/mol. The van der Waals surface area contributed by atoms with Gasteiger partial charge in [-0.05, 0) is 76.9 Å². The second-order valence-electron chi connectivity index (χ2n) is 14.7. The van der Waals surface area contributed by atoms with Gasteiger partial charge >= 0.3 is 0 Å². The zero-order valence-corrected chi connectivity index (χ0v) is 32.7. The quantitative estimate of drug-likeness (QED) is 0.151. The Bertz CT molecular complexity index is 3300. The smallest absolute Gasteiger partial charge is 0.187 e. The normalized spacial score (nSPS) is 10.9. The van der Waals surface area contributed by atoms with Gasteiger partial charge in [0.25, 0.3) is 0 Å². The third kappa shape index (κ3) is 6.75. The van der Waals surface area contributed by atoms with Crippen LogP contribution in [0.3, 0.4) is 0 Å². The summed E-state index contributed by atoms with van der Waals surface area (Å²) in [4.78, 5) is 17.7. The van der Waals surface area contributed by atoms with Gasteiger partial charge in [0.1, 0.15) is 0 Å². The molecule has 0 saturated carbocycles. The summed E-state index contributed by atoms with van der Waals surface area (Å²) in [6.45, 7) is 15.4. The highest BCUT2D eigenvalue weighted by Gasteiger charge is 2.23. The van der Waals surface area contributed by atoms with Crippen molar-refractivity contribution in [1.82, 2.24) is 14.5 Å². The molecule has 0 fully saturated rings. The van der Waals surface area contributed by atoms with Crippen molar-refractivity contribution < 1.29 is 0 Å². The Labute approximate surface area is 353 Å². The molecule has 6 nitrogen and oxygen atoms in total. The van der Waals surface area contributed by atoms with E-state index in [0.717, 1.165) is 89.0 Å². The van der Waals surface area contributed by atoms with Gasteiger partial charge in [-0.3, -0.25) is 0 Å². The molecule has 0 aliphatic rings. The first-order valence-electron chi connectivity index (χ1n) is 19.8. The molecule has 0 spiro atoms. The Morgan fingerprint density at radius 2 is 1.02 bits per heavy atom. The van der Waals surface area contributed by atoms with Gasteiger partial charge in [-0.2, -0.15) is 5.26 Å². The molecule has 10 aromatic rings. The van der Waals surface area contributed by atoms with Gasteiger partial charge in [0.15, 0.2) is 17.2 Å². The van der Waals surface area contributed by atoms with Crippen molar-refractivity contribution in [2.75, 3.05) is 0 Å². The molecule has 6 heteroatoms. The Balaban J connectivity index is 1.32. The number of aromatic nitrogens is 3. The molecule has 0 aliphatic carbocycles. The summed E-state index contributed by atoms with van der Waals surface area (Å²) >= 11 is 0. The lowest BCUT2D eigenvalue weighted by Gasteiger charge is -2.21. The minimum Gasteiger partial charge on any atom is -0.308 e. The lowest BCUT2D eigenvalue weighted by molar-refractivity contribution is 1.17. The van der Waals surface area contributed by atoms with Crippen molar-refractivity contribution in [1.29, 1.82) is 5.26 Å². The second kappa shape index (κ2) is 15.5. The van der Waals surface area contributed by atoms with Crippen LogP contribution in [-0.4, -0.2) is 14.5 Å². The number of hydrogen-bond acceptors (Lipinski definition) is 3. The van der Waals surface area contributed by atoms with Gasteiger partial charge < -0.3 is 4.57 Å². The van der Waals surface area contributed by atoms with Crippen molar-refractivity contribution >= 4 is 33.2 Å². The highest BCUT2D eigenvalue weighted by Crippen LogP contribution is 2.45. The largest absolute Gasteiger partial charge is 0.308 e. The number of nitrogens with zero attached hydrogens (tertiary/aromatic N) is 6. The maximum Gasteiger partial charge on any atom is 0.187 e. The predicted octanol–water partition coefficient (Wildman–Crippen LogP) is 14.5. The van der Waals surface area contributed by atoms with Gasteiger partial charge in [-0.15, -0.1) is 0 Å². The monoisotopic (exact) mass is 776 g/mol. The van der Waals surface area contributed by atoms with Gasteiger partial charge in [0.2, 0.25) is 0 Å².